The molecule has 1 amide bonds. The summed E-state index contributed by atoms with van der Waals surface area (Å²) in [6.45, 7) is 0.0225. The van der Waals surface area contributed by atoms with E-state index >= 15 is 0 Å². The van der Waals surface area contributed by atoms with Crippen LogP contribution >= 0.6 is 23.2 Å². The van der Waals surface area contributed by atoms with Gasteiger partial charge in [-0.15, -0.1) is 0 Å². The lowest BCUT2D eigenvalue weighted by Gasteiger charge is -2.34. The molecule has 0 aromatic heterocycles. The molecule has 0 atom stereocenters. The van der Waals surface area contributed by atoms with Crippen LogP contribution in [0.4, 0.5) is 8.78 Å². The molecule has 1 aliphatic rings. The van der Waals surface area contributed by atoms with Crippen molar-refractivity contribution in [2.45, 2.75) is 4.90 Å². The molecule has 0 saturated carbocycles. The van der Waals surface area contributed by atoms with Crippen LogP contribution in [0.1, 0.15) is 0 Å². The molecule has 1 fully saturated rings. The molecule has 1 aliphatic heterocycles. The Balaban J connectivity index is 1.58. The number of ether oxygens (including phenoxy) is 1. The first-order chi connectivity index (χ1) is 13.7. The maximum atomic E-state index is 13.4. The molecule has 6 nitrogen and oxygen atoms in total. The topological polar surface area (TPSA) is 66.9 Å². The SMILES string of the molecule is O=C(COc1cc(Cl)ccc1Cl)N1CCN(S(=O)(=O)c2ccc(F)c(F)c2)CC1. The normalized spacial score (nSPS) is 15.4. The van der Waals surface area contributed by atoms with Crippen LogP contribution in [-0.4, -0.2) is 56.3 Å². The van der Waals surface area contributed by atoms with Gasteiger partial charge >= 0.3 is 0 Å². The van der Waals surface area contributed by atoms with E-state index in [1.54, 1.807) is 12.1 Å². The second-order valence-electron chi connectivity index (χ2n) is 6.22. The third-order valence-corrected chi connectivity index (χ3v) is 6.81. The molecule has 0 aliphatic carbocycles. The van der Waals surface area contributed by atoms with E-state index in [1.807, 2.05) is 0 Å². The van der Waals surface area contributed by atoms with Gasteiger partial charge in [0.15, 0.2) is 18.2 Å². The van der Waals surface area contributed by atoms with Crippen molar-refractivity contribution < 1.29 is 26.7 Å². The van der Waals surface area contributed by atoms with Crippen molar-refractivity contribution in [3.63, 3.8) is 0 Å². The Kier molecular flexibility index (Phi) is 6.62. The predicted octanol–water partition coefficient (Wildman–Crippen LogP) is 3.18. The van der Waals surface area contributed by atoms with Crippen LogP contribution in [0.15, 0.2) is 41.3 Å². The average molecular weight is 465 g/mol. The number of sulfonamides is 1. The molecule has 0 bridgehead atoms. The Hall–Kier alpha value is -1.94. The van der Waals surface area contributed by atoms with E-state index in [0.29, 0.717) is 16.1 Å². The van der Waals surface area contributed by atoms with Gasteiger partial charge in [0.1, 0.15) is 5.75 Å². The Morgan fingerprint density at radius 1 is 1.00 bits per heavy atom. The van der Waals surface area contributed by atoms with E-state index in [9.17, 15) is 22.0 Å². The van der Waals surface area contributed by atoms with Crippen molar-refractivity contribution in [1.82, 2.24) is 9.21 Å². The fourth-order valence-corrected chi connectivity index (χ4v) is 4.55. The van der Waals surface area contributed by atoms with E-state index < -0.39 is 21.7 Å². The van der Waals surface area contributed by atoms with Crippen molar-refractivity contribution in [2.75, 3.05) is 32.8 Å². The van der Waals surface area contributed by atoms with Gasteiger partial charge in [-0.25, -0.2) is 17.2 Å². The number of carbonyl (C=O) groups excluding carboxylic acids is 1. The molecule has 3 rings (SSSR count). The molecule has 29 heavy (non-hydrogen) atoms. The number of nitrogens with zero attached hydrogens (tertiary/aromatic N) is 2. The molecule has 156 valence electrons. The molecule has 0 spiro atoms. The molecule has 1 saturated heterocycles. The summed E-state index contributed by atoms with van der Waals surface area (Å²) in [5.41, 5.74) is 0. The van der Waals surface area contributed by atoms with Gasteiger partial charge in [0, 0.05) is 37.3 Å². The summed E-state index contributed by atoms with van der Waals surface area (Å²) in [4.78, 5) is 13.5. The zero-order chi connectivity index (χ0) is 21.2. The number of rotatable bonds is 5. The maximum absolute atomic E-state index is 13.4. The highest BCUT2D eigenvalue weighted by molar-refractivity contribution is 7.89. The highest BCUT2D eigenvalue weighted by atomic mass is 35.5. The van der Waals surface area contributed by atoms with Gasteiger partial charge in [0.05, 0.1) is 9.92 Å². The third-order valence-electron chi connectivity index (χ3n) is 4.36. The van der Waals surface area contributed by atoms with Crippen LogP contribution in [0.5, 0.6) is 5.75 Å². The second-order valence-corrected chi connectivity index (χ2v) is 9.01. The van der Waals surface area contributed by atoms with Gasteiger partial charge in [-0.2, -0.15) is 4.31 Å². The number of piperazine rings is 1. The number of carbonyl (C=O) groups is 1. The van der Waals surface area contributed by atoms with E-state index in [0.717, 1.165) is 16.4 Å². The number of hydrogen-bond acceptors (Lipinski definition) is 4. The molecule has 2 aromatic carbocycles. The van der Waals surface area contributed by atoms with Crippen LogP contribution in [0, 0.1) is 11.6 Å². The Bertz CT molecular complexity index is 1030. The van der Waals surface area contributed by atoms with Crippen LogP contribution in [0.3, 0.4) is 0 Å². The smallest absolute Gasteiger partial charge is 0.260 e. The highest BCUT2D eigenvalue weighted by Gasteiger charge is 2.30. The number of hydrogen-bond donors (Lipinski definition) is 0. The second kappa shape index (κ2) is 8.83. The first kappa shape index (κ1) is 21.8. The molecule has 0 radical (unpaired) electrons. The summed E-state index contributed by atoms with van der Waals surface area (Å²) in [7, 11) is -3.99. The summed E-state index contributed by atoms with van der Waals surface area (Å²) in [6, 6.07) is 7.04. The molecule has 0 N–H and O–H groups in total. The summed E-state index contributed by atoms with van der Waals surface area (Å²) in [5, 5.41) is 0.720. The van der Waals surface area contributed by atoms with E-state index in [1.165, 1.54) is 11.0 Å². The minimum atomic E-state index is -3.99. The lowest BCUT2D eigenvalue weighted by atomic mass is 10.3. The summed E-state index contributed by atoms with van der Waals surface area (Å²) >= 11 is 11.8. The quantitative estimate of drug-likeness (QED) is 0.681. The first-order valence-electron chi connectivity index (χ1n) is 8.49. The van der Waals surface area contributed by atoms with Crippen LogP contribution < -0.4 is 4.74 Å². The van der Waals surface area contributed by atoms with Crippen LogP contribution in [0.25, 0.3) is 0 Å². The zero-order valence-corrected chi connectivity index (χ0v) is 17.3. The van der Waals surface area contributed by atoms with Crippen molar-refractivity contribution in [2.24, 2.45) is 0 Å². The number of benzene rings is 2. The maximum Gasteiger partial charge on any atom is 0.260 e. The van der Waals surface area contributed by atoms with Gasteiger partial charge in [-0.05, 0) is 30.3 Å². The average Bonchev–Trinajstić information content (AvgIpc) is 2.70. The predicted molar refractivity (Wildman–Crippen MR) is 104 cm³/mol. The minimum Gasteiger partial charge on any atom is -0.482 e. The summed E-state index contributed by atoms with van der Waals surface area (Å²) in [6.07, 6.45) is 0. The summed E-state index contributed by atoms with van der Waals surface area (Å²) in [5.74, 6) is -2.44. The van der Waals surface area contributed by atoms with Gasteiger partial charge in [-0.1, -0.05) is 23.2 Å². The molecular weight excluding hydrogens is 449 g/mol. The molecule has 11 heteroatoms. The molecule has 2 aromatic rings. The van der Waals surface area contributed by atoms with Gasteiger partial charge in [-0.3, -0.25) is 4.79 Å². The zero-order valence-electron chi connectivity index (χ0n) is 14.9. The fraction of sp³-hybridized carbons (Fsp3) is 0.278. The standard InChI is InChI=1S/C18H16Cl2F2N2O4S/c19-12-1-3-14(20)17(9-12)28-11-18(25)23-5-7-24(8-6-23)29(26,27)13-2-4-15(21)16(22)10-13/h1-4,9-10H,5-8,11H2. The van der Waals surface area contributed by atoms with Crippen molar-refractivity contribution in [3.8, 4) is 5.75 Å². The first-order valence-corrected chi connectivity index (χ1v) is 10.7. The monoisotopic (exact) mass is 464 g/mol. The Morgan fingerprint density at radius 3 is 2.34 bits per heavy atom. The van der Waals surface area contributed by atoms with E-state index in [4.69, 9.17) is 27.9 Å². The Morgan fingerprint density at radius 2 is 1.69 bits per heavy atom. The van der Waals surface area contributed by atoms with Gasteiger partial charge in [0.2, 0.25) is 10.0 Å². The lowest BCUT2D eigenvalue weighted by molar-refractivity contribution is -0.134. The number of halogens is 4. The minimum absolute atomic E-state index is 0.0188. The molecule has 1 heterocycles. The highest BCUT2D eigenvalue weighted by Crippen LogP contribution is 2.27. The van der Waals surface area contributed by atoms with Crippen molar-refractivity contribution in [3.05, 3.63) is 58.1 Å². The summed E-state index contributed by atoms with van der Waals surface area (Å²) < 4.78 is 58.1. The van der Waals surface area contributed by atoms with E-state index in [-0.39, 0.29) is 49.3 Å². The Labute approximate surface area is 176 Å². The molecule has 0 unspecified atom stereocenters. The fourth-order valence-electron chi connectivity index (χ4n) is 2.78. The van der Waals surface area contributed by atoms with E-state index in [2.05, 4.69) is 0 Å². The van der Waals surface area contributed by atoms with Gasteiger partial charge < -0.3 is 9.64 Å². The van der Waals surface area contributed by atoms with Crippen LogP contribution in [0.2, 0.25) is 10.0 Å². The largest absolute Gasteiger partial charge is 0.482 e. The van der Waals surface area contributed by atoms with Crippen molar-refractivity contribution in [1.29, 1.82) is 0 Å². The third kappa shape index (κ3) is 4.98. The van der Waals surface area contributed by atoms with Crippen LogP contribution in [-0.2, 0) is 14.8 Å². The van der Waals surface area contributed by atoms with Gasteiger partial charge in [0.25, 0.3) is 5.91 Å². The molecular formula is C18H16Cl2F2N2O4S. The lowest BCUT2D eigenvalue weighted by Crippen LogP contribution is -2.51. The number of amides is 1. The van der Waals surface area contributed by atoms with Crippen molar-refractivity contribution >= 4 is 39.1 Å².